The van der Waals surface area contributed by atoms with E-state index < -0.39 is 11.9 Å². The van der Waals surface area contributed by atoms with Gasteiger partial charge in [0.1, 0.15) is 11.8 Å². The summed E-state index contributed by atoms with van der Waals surface area (Å²) in [6, 6.07) is 14.5. The van der Waals surface area contributed by atoms with Gasteiger partial charge in [0.2, 0.25) is 11.8 Å². The number of benzene rings is 3. The molecule has 1 aliphatic carbocycles. The molecule has 0 radical (unpaired) electrons. The summed E-state index contributed by atoms with van der Waals surface area (Å²) in [5, 5.41) is 12.0. The SMILES string of the molecule is COc1cc2nn([C@H]3CC[C@H](CN(C)C4CCN(c5cccc6c5n(C)c(=O)n6C5CCC(=O)NC5=O)CC4)CC3)cc2cc1NC(=O)c1cc(Cl)cc(Cl)c1. The fraction of sp³-hybridized carbons (Fsp3) is 0.439. The number of nitrogens with zero attached hydrogens (tertiary/aromatic N) is 6. The summed E-state index contributed by atoms with van der Waals surface area (Å²) in [4.78, 5) is 55.9. The van der Waals surface area contributed by atoms with Crippen LogP contribution in [0.3, 0.4) is 0 Å². The average Bonchev–Trinajstić information content (AvgIpc) is 3.71. The molecular weight excluding hydrogens is 755 g/mol. The minimum atomic E-state index is -0.701. The predicted molar refractivity (Wildman–Crippen MR) is 218 cm³/mol. The summed E-state index contributed by atoms with van der Waals surface area (Å²) in [7, 11) is 5.58. The Hall–Kier alpha value is -4.85. The zero-order chi connectivity index (χ0) is 39.2. The molecule has 0 bridgehead atoms. The van der Waals surface area contributed by atoms with Gasteiger partial charge in [0, 0.05) is 72.4 Å². The van der Waals surface area contributed by atoms with Gasteiger partial charge in [-0.15, -0.1) is 0 Å². The number of amides is 3. The number of ether oxygens (including phenoxy) is 1. The summed E-state index contributed by atoms with van der Waals surface area (Å²) in [5.74, 6) is 0.0751. The van der Waals surface area contributed by atoms with E-state index in [1.165, 1.54) is 0 Å². The number of anilines is 2. The van der Waals surface area contributed by atoms with Crippen LogP contribution in [0.4, 0.5) is 11.4 Å². The number of carbonyl (C=O) groups is 3. The first-order chi connectivity index (χ1) is 27.0. The van der Waals surface area contributed by atoms with Crippen LogP contribution in [0, 0.1) is 5.92 Å². The lowest BCUT2D eigenvalue weighted by molar-refractivity contribution is -0.135. The molecule has 3 fully saturated rings. The van der Waals surface area contributed by atoms with Gasteiger partial charge in [-0.05, 0) is 94.3 Å². The Balaban J connectivity index is 0.868. The van der Waals surface area contributed by atoms with Gasteiger partial charge < -0.3 is 19.9 Å². The molecule has 1 atom stereocenters. The van der Waals surface area contributed by atoms with Crippen molar-refractivity contribution in [3.63, 3.8) is 0 Å². The Morgan fingerprint density at radius 1 is 0.982 bits per heavy atom. The van der Waals surface area contributed by atoms with Crippen molar-refractivity contribution in [1.82, 2.24) is 29.1 Å². The molecule has 2 aliphatic heterocycles. The Labute approximate surface area is 334 Å². The van der Waals surface area contributed by atoms with E-state index in [1.807, 2.05) is 24.3 Å². The summed E-state index contributed by atoms with van der Waals surface area (Å²) in [5.41, 5.74) is 4.01. The number of para-hydroxylation sites is 1. The van der Waals surface area contributed by atoms with E-state index in [4.69, 9.17) is 33.0 Å². The van der Waals surface area contributed by atoms with Gasteiger partial charge in [-0.1, -0.05) is 29.3 Å². The average molecular weight is 802 g/mol. The Kier molecular flexibility index (Phi) is 10.6. The molecule has 3 aliphatic rings. The molecule has 13 nitrogen and oxygen atoms in total. The Morgan fingerprint density at radius 2 is 1.71 bits per heavy atom. The molecule has 3 amide bonds. The summed E-state index contributed by atoms with van der Waals surface area (Å²) in [6.07, 6.45) is 8.96. The second kappa shape index (κ2) is 15.6. The van der Waals surface area contributed by atoms with Crippen LogP contribution in [0.5, 0.6) is 5.75 Å². The molecule has 2 aromatic heterocycles. The van der Waals surface area contributed by atoms with E-state index in [9.17, 15) is 19.2 Å². The lowest BCUT2D eigenvalue weighted by Gasteiger charge is -2.40. The van der Waals surface area contributed by atoms with Crippen molar-refractivity contribution in [2.24, 2.45) is 13.0 Å². The number of hydrogen-bond donors (Lipinski definition) is 2. The van der Waals surface area contributed by atoms with Crippen molar-refractivity contribution in [1.29, 1.82) is 0 Å². The lowest BCUT2D eigenvalue weighted by Crippen LogP contribution is -2.45. The summed E-state index contributed by atoms with van der Waals surface area (Å²) in [6.45, 7) is 2.79. The van der Waals surface area contributed by atoms with Gasteiger partial charge >= 0.3 is 5.69 Å². The highest BCUT2D eigenvalue weighted by atomic mass is 35.5. The quantitative estimate of drug-likeness (QED) is 0.160. The Bertz CT molecular complexity index is 2370. The van der Waals surface area contributed by atoms with E-state index in [0.29, 0.717) is 51.5 Å². The maximum absolute atomic E-state index is 13.5. The third kappa shape index (κ3) is 7.39. The van der Waals surface area contributed by atoms with Crippen LogP contribution >= 0.6 is 23.2 Å². The minimum Gasteiger partial charge on any atom is -0.494 e. The number of methoxy groups -OCH3 is 1. The smallest absolute Gasteiger partial charge is 0.329 e. The summed E-state index contributed by atoms with van der Waals surface area (Å²) < 4.78 is 10.9. The van der Waals surface area contributed by atoms with E-state index in [2.05, 4.69) is 44.4 Å². The first kappa shape index (κ1) is 38.0. The maximum atomic E-state index is 13.5. The molecule has 8 rings (SSSR count). The number of fused-ring (bicyclic) bond motifs is 2. The van der Waals surface area contributed by atoms with Crippen molar-refractivity contribution in [2.75, 3.05) is 44.0 Å². The zero-order valence-corrected chi connectivity index (χ0v) is 33.3. The fourth-order valence-corrected chi connectivity index (χ4v) is 9.53. The van der Waals surface area contributed by atoms with Gasteiger partial charge in [0.15, 0.2) is 0 Å². The molecule has 294 valence electrons. The molecule has 3 aromatic carbocycles. The highest BCUT2D eigenvalue weighted by molar-refractivity contribution is 6.35. The van der Waals surface area contributed by atoms with Crippen molar-refractivity contribution in [2.45, 2.75) is 69.5 Å². The first-order valence-corrected chi connectivity index (χ1v) is 20.1. The molecular formula is C41H46Cl2N8O5. The standard InChI is InChI=1S/C41H46Cl2N8O5/c1-47(29-13-15-49(16-14-29)33-5-4-6-34-38(33)48(2)41(55)51(34)35-11-12-37(52)45-40(35)54)22-24-7-9-30(10-8-24)50-23-26-19-32(36(56-3)21-31(26)46-50)44-39(53)25-17-27(42)20-28(43)18-25/h4-6,17-21,23-24,29-30,35H,7-16,22H2,1-3H3,(H,44,53)(H,45,52,54)/t24-,30-,35?. The van der Waals surface area contributed by atoms with E-state index in [-0.39, 0.29) is 23.9 Å². The van der Waals surface area contributed by atoms with Gasteiger partial charge in [-0.3, -0.25) is 33.5 Å². The van der Waals surface area contributed by atoms with E-state index in [0.717, 1.165) is 85.8 Å². The van der Waals surface area contributed by atoms with Gasteiger partial charge in [-0.25, -0.2) is 4.79 Å². The number of aromatic nitrogens is 4. The third-order valence-electron chi connectivity index (χ3n) is 12.0. The number of hydrogen-bond acceptors (Lipinski definition) is 8. The zero-order valence-electron chi connectivity index (χ0n) is 31.8. The molecule has 1 saturated carbocycles. The van der Waals surface area contributed by atoms with Gasteiger partial charge in [0.05, 0.1) is 41.1 Å². The molecule has 2 saturated heterocycles. The number of aryl methyl sites for hydroxylation is 1. The normalized spacial score (nSPS) is 20.9. The monoisotopic (exact) mass is 800 g/mol. The number of piperidine rings is 2. The number of rotatable bonds is 9. The van der Waals surface area contributed by atoms with Crippen LogP contribution in [0.1, 0.15) is 73.8 Å². The predicted octanol–water partition coefficient (Wildman–Crippen LogP) is 6.57. The topological polar surface area (TPSA) is 136 Å². The van der Waals surface area contributed by atoms with Crippen LogP contribution in [0.25, 0.3) is 21.9 Å². The van der Waals surface area contributed by atoms with Gasteiger partial charge in [0.25, 0.3) is 5.91 Å². The maximum Gasteiger partial charge on any atom is 0.329 e. The molecule has 4 heterocycles. The lowest BCUT2D eigenvalue weighted by atomic mass is 9.85. The highest BCUT2D eigenvalue weighted by Gasteiger charge is 2.33. The number of imide groups is 1. The van der Waals surface area contributed by atoms with Crippen molar-refractivity contribution < 1.29 is 19.1 Å². The largest absolute Gasteiger partial charge is 0.494 e. The Morgan fingerprint density at radius 3 is 2.41 bits per heavy atom. The number of nitrogens with one attached hydrogen (secondary N) is 2. The number of halogens is 2. The van der Waals surface area contributed by atoms with Gasteiger partial charge in [-0.2, -0.15) is 5.10 Å². The van der Waals surface area contributed by atoms with Crippen LogP contribution in [-0.2, 0) is 16.6 Å². The summed E-state index contributed by atoms with van der Waals surface area (Å²) >= 11 is 12.2. The molecule has 5 aromatic rings. The fourth-order valence-electron chi connectivity index (χ4n) is 9.00. The van der Waals surface area contributed by atoms with Crippen molar-refractivity contribution in [3.8, 4) is 5.75 Å². The number of imidazole rings is 1. The first-order valence-electron chi connectivity index (χ1n) is 19.3. The highest BCUT2D eigenvalue weighted by Crippen LogP contribution is 2.37. The second-order valence-corrected chi connectivity index (χ2v) is 16.4. The third-order valence-corrected chi connectivity index (χ3v) is 12.4. The van der Waals surface area contributed by atoms with Crippen LogP contribution in [0.15, 0.2) is 59.5 Å². The molecule has 0 spiro atoms. The van der Waals surface area contributed by atoms with Crippen molar-refractivity contribution >= 4 is 74.2 Å². The van der Waals surface area contributed by atoms with Crippen LogP contribution < -0.4 is 26.0 Å². The van der Waals surface area contributed by atoms with E-state index >= 15 is 0 Å². The van der Waals surface area contributed by atoms with Crippen LogP contribution in [-0.4, -0.2) is 81.4 Å². The molecule has 15 heteroatoms. The number of carbonyl (C=O) groups excluding carboxylic acids is 3. The minimum absolute atomic E-state index is 0.215. The van der Waals surface area contributed by atoms with E-state index in [1.54, 1.807) is 41.5 Å². The molecule has 2 N–H and O–H groups in total. The molecule has 1 unspecified atom stereocenters. The van der Waals surface area contributed by atoms with Crippen molar-refractivity contribution in [3.05, 3.63) is 80.8 Å². The molecule has 56 heavy (non-hydrogen) atoms. The van der Waals surface area contributed by atoms with Crippen LogP contribution in [0.2, 0.25) is 10.0 Å². The second-order valence-electron chi connectivity index (χ2n) is 15.5.